The number of hydrogen-bond donors (Lipinski definition) is 2. The predicted octanol–water partition coefficient (Wildman–Crippen LogP) is 3.78. The van der Waals surface area contributed by atoms with Gasteiger partial charge in [0.1, 0.15) is 24.6 Å². The van der Waals surface area contributed by atoms with Crippen molar-refractivity contribution >= 4 is 45.8 Å². The van der Waals surface area contributed by atoms with Crippen molar-refractivity contribution in [2.24, 2.45) is 0 Å². The highest BCUT2D eigenvalue weighted by Gasteiger charge is 2.39. The Morgan fingerprint density at radius 2 is 2.03 bits per heavy atom. The fraction of sp³-hybridized carbons (Fsp3) is 0.280. The standard InChI is InChI=1S/C25H22ClF2N5O3/c1-14(34)19-11-32(21-8-17(31-13-29)5-6-18(19)21)12-23(35)33-10-16(27)7-22(33)25(36)30-9-15-3-2-4-20(26)24(15)28/h2-6,8,11,16,22,31H,7,9-10,12H2,1H3,(H,30,36)/t16-,22+/m1/s1. The van der Waals surface area contributed by atoms with Crippen molar-refractivity contribution in [3.63, 3.8) is 0 Å². The summed E-state index contributed by atoms with van der Waals surface area (Å²) < 4.78 is 30.0. The van der Waals surface area contributed by atoms with Crippen LogP contribution in [0.5, 0.6) is 0 Å². The van der Waals surface area contributed by atoms with Crippen molar-refractivity contribution in [1.29, 1.82) is 5.26 Å². The van der Waals surface area contributed by atoms with Gasteiger partial charge in [0.15, 0.2) is 12.0 Å². The van der Waals surface area contributed by atoms with Crippen molar-refractivity contribution in [3.8, 4) is 6.19 Å². The topological polar surface area (TPSA) is 107 Å². The molecule has 0 radical (unpaired) electrons. The number of nitrogens with one attached hydrogen (secondary N) is 2. The first-order chi connectivity index (χ1) is 17.2. The number of alkyl halides is 1. The first kappa shape index (κ1) is 25.1. The number of ketones is 1. The lowest BCUT2D eigenvalue weighted by Crippen LogP contribution is -2.46. The number of aromatic nitrogens is 1. The third kappa shape index (κ3) is 5.02. The summed E-state index contributed by atoms with van der Waals surface area (Å²) in [6, 6.07) is 8.27. The summed E-state index contributed by atoms with van der Waals surface area (Å²) in [5, 5.41) is 14.5. The molecule has 36 heavy (non-hydrogen) atoms. The van der Waals surface area contributed by atoms with Crippen LogP contribution in [0, 0.1) is 17.3 Å². The Morgan fingerprint density at radius 3 is 2.75 bits per heavy atom. The molecule has 8 nitrogen and oxygen atoms in total. The lowest BCUT2D eigenvalue weighted by atomic mass is 10.1. The number of hydrogen-bond acceptors (Lipinski definition) is 5. The number of amides is 2. The molecule has 1 aliphatic heterocycles. The van der Waals surface area contributed by atoms with E-state index >= 15 is 0 Å². The number of nitriles is 1. The Balaban J connectivity index is 1.54. The van der Waals surface area contributed by atoms with Crippen LogP contribution in [0.2, 0.25) is 5.02 Å². The van der Waals surface area contributed by atoms with Crippen LogP contribution < -0.4 is 10.6 Å². The Hall–Kier alpha value is -3.97. The fourth-order valence-electron chi connectivity index (χ4n) is 4.38. The van der Waals surface area contributed by atoms with Gasteiger partial charge in [-0.15, -0.1) is 0 Å². The minimum atomic E-state index is -1.40. The number of Topliss-reactive ketones (excluding diaryl/α,β-unsaturated/α-hetero) is 1. The number of rotatable bonds is 7. The van der Waals surface area contributed by atoms with Gasteiger partial charge >= 0.3 is 0 Å². The molecule has 1 fully saturated rings. The SMILES string of the molecule is CC(=O)c1cn(CC(=O)N2C[C@H](F)C[C@H]2C(=O)NCc2cccc(Cl)c2F)c2cc(NC#N)ccc12. The van der Waals surface area contributed by atoms with Crippen LogP contribution in [-0.4, -0.2) is 45.8 Å². The van der Waals surface area contributed by atoms with Gasteiger partial charge in [-0.05, 0) is 25.1 Å². The van der Waals surface area contributed by atoms with Crippen LogP contribution in [0.1, 0.15) is 29.3 Å². The molecule has 0 saturated carbocycles. The highest BCUT2D eigenvalue weighted by Crippen LogP contribution is 2.27. The number of carbonyl (C=O) groups is 3. The van der Waals surface area contributed by atoms with Gasteiger partial charge < -0.3 is 14.8 Å². The molecule has 2 heterocycles. The van der Waals surface area contributed by atoms with Crippen molar-refractivity contribution in [1.82, 2.24) is 14.8 Å². The summed E-state index contributed by atoms with van der Waals surface area (Å²) in [5.74, 6) is -1.99. The number of halogens is 3. The highest BCUT2D eigenvalue weighted by molar-refractivity contribution is 6.30. The molecule has 1 saturated heterocycles. The Labute approximate surface area is 210 Å². The average Bonchev–Trinajstić information content (AvgIpc) is 3.41. The van der Waals surface area contributed by atoms with Gasteiger partial charge in [-0.2, -0.15) is 5.26 Å². The highest BCUT2D eigenvalue weighted by atomic mass is 35.5. The van der Waals surface area contributed by atoms with Gasteiger partial charge in [0.05, 0.1) is 17.1 Å². The zero-order chi connectivity index (χ0) is 26.0. The Bertz CT molecular complexity index is 1400. The van der Waals surface area contributed by atoms with E-state index in [4.69, 9.17) is 16.9 Å². The maximum absolute atomic E-state index is 14.3. The summed E-state index contributed by atoms with van der Waals surface area (Å²) in [6.07, 6.45) is 1.77. The van der Waals surface area contributed by atoms with E-state index in [1.54, 1.807) is 28.8 Å². The minimum Gasteiger partial charge on any atom is -0.350 e. The van der Waals surface area contributed by atoms with Crippen LogP contribution in [0.15, 0.2) is 42.6 Å². The molecule has 1 aromatic heterocycles. The average molecular weight is 514 g/mol. The summed E-state index contributed by atoms with van der Waals surface area (Å²) in [7, 11) is 0. The van der Waals surface area contributed by atoms with E-state index in [-0.39, 0.29) is 42.4 Å². The summed E-state index contributed by atoms with van der Waals surface area (Å²) >= 11 is 5.77. The Morgan fingerprint density at radius 1 is 1.25 bits per heavy atom. The number of fused-ring (bicyclic) bond motifs is 1. The largest absolute Gasteiger partial charge is 0.350 e. The number of anilines is 1. The quantitative estimate of drug-likeness (QED) is 0.284. The van der Waals surface area contributed by atoms with Gasteiger partial charge in [0.2, 0.25) is 11.8 Å². The lowest BCUT2D eigenvalue weighted by Gasteiger charge is -2.24. The second-order valence-corrected chi connectivity index (χ2v) is 8.93. The molecule has 3 aromatic rings. The van der Waals surface area contributed by atoms with Crippen molar-refractivity contribution in [2.75, 3.05) is 11.9 Å². The maximum Gasteiger partial charge on any atom is 0.243 e. The maximum atomic E-state index is 14.3. The van der Waals surface area contributed by atoms with E-state index in [0.29, 0.717) is 22.2 Å². The molecule has 4 rings (SSSR count). The Kier molecular flexibility index (Phi) is 7.22. The first-order valence-corrected chi connectivity index (χ1v) is 11.5. The lowest BCUT2D eigenvalue weighted by molar-refractivity contribution is -0.139. The van der Waals surface area contributed by atoms with Crippen LogP contribution in [-0.2, 0) is 22.7 Å². The summed E-state index contributed by atoms with van der Waals surface area (Å²) in [6.45, 7) is 0.723. The first-order valence-electron chi connectivity index (χ1n) is 11.1. The zero-order valence-electron chi connectivity index (χ0n) is 19.2. The van der Waals surface area contributed by atoms with Crippen molar-refractivity contribution in [3.05, 3.63) is 64.6 Å². The van der Waals surface area contributed by atoms with E-state index in [9.17, 15) is 23.2 Å². The van der Waals surface area contributed by atoms with Crippen LogP contribution in [0.3, 0.4) is 0 Å². The van der Waals surface area contributed by atoms with E-state index in [1.165, 1.54) is 25.3 Å². The van der Waals surface area contributed by atoms with Gasteiger partial charge in [0.25, 0.3) is 0 Å². The number of carbonyl (C=O) groups excluding carboxylic acids is 3. The molecule has 186 valence electrons. The zero-order valence-corrected chi connectivity index (χ0v) is 20.0. The third-order valence-corrected chi connectivity index (χ3v) is 6.42. The van der Waals surface area contributed by atoms with E-state index in [1.807, 2.05) is 6.19 Å². The van der Waals surface area contributed by atoms with Crippen molar-refractivity contribution in [2.45, 2.75) is 38.6 Å². The van der Waals surface area contributed by atoms with Crippen LogP contribution >= 0.6 is 11.6 Å². The summed E-state index contributed by atoms with van der Waals surface area (Å²) in [5.41, 5.74) is 1.56. The van der Waals surface area contributed by atoms with Crippen LogP contribution in [0.4, 0.5) is 14.5 Å². The normalized spacial score (nSPS) is 17.1. The molecule has 2 atom stereocenters. The third-order valence-electron chi connectivity index (χ3n) is 6.13. The predicted molar refractivity (Wildman–Crippen MR) is 129 cm³/mol. The molecule has 2 N–H and O–H groups in total. The minimum absolute atomic E-state index is 0.0831. The number of nitrogens with zero attached hydrogens (tertiary/aromatic N) is 3. The van der Waals surface area contributed by atoms with Gasteiger partial charge in [-0.3, -0.25) is 19.7 Å². The molecule has 2 aromatic carbocycles. The second-order valence-electron chi connectivity index (χ2n) is 8.52. The molecular formula is C25H22ClF2N5O3. The molecule has 1 aliphatic rings. The molecule has 0 unspecified atom stereocenters. The van der Waals surface area contributed by atoms with E-state index in [0.717, 1.165) is 4.90 Å². The van der Waals surface area contributed by atoms with E-state index in [2.05, 4.69) is 10.6 Å². The molecule has 0 spiro atoms. The molecule has 2 amide bonds. The van der Waals surface area contributed by atoms with E-state index < -0.39 is 29.8 Å². The fourth-order valence-corrected chi connectivity index (χ4v) is 4.57. The summed E-state index contributed by atoms with van der Waals surface area (Å²) in [4.78, 5) is 39.3. The number of likely N-dealkylation sites (tertiary alicyclic amines) is 1. The molecule has 0 bridgehead atoms. The van der Waals surface area contributed by atoms with Gasteiger partial charge in [0, 0.05) is 41.4 Å². The van der Waals surface area contributed by atoms with Crippen molar-refractivity contribution < 1.29 is 23.2 Å². The van der Waals surface area contributed by atoms with Gasteiger partial charge in [-0.1, -0.05) is 29.8 Å². The molecule has 11 heteroatoms. The van der Waals surface area contributed by atoms with Gasteiger partial charge in [-0.25, -0.2) is 8.78 Å². The smallest absolute Gasteiger partial charge is 0.243 e. The van der Waals surface area contributed by atoms with Crippen LogP contribution in [0.25, 0.3) is 10.9 Å². The second kappa shape index (κ2) is 10.3. The molecular weight excluding hydrogens is 492 g/mol. The number of benzene rings is 2. The molecule has 0 aliphatic carbocycles. The monoisotopic (exact) mass is 513 g/mol.